The summed E-state index contributed by atoms with van der Waals surface area (Å²) < 4.78 is 14.3. The van der Waals surface area contributed by atoms with Crippen LogP contribution in [0.1, 0.15) is 18.4 Å². The summed E-state index contributed by atoms with van der Waals surface area (Å²) in [6.45, 7) is 2.39. The lowest BCUT2D eigenvalue weighted by atomic mass is 10.0. The third-order valence-electron chi connectivity index (χ3n) is 2.83. The molecule has 1 atom stereocenters. The highest BCUT2D eigenvalue weighted by atomic mass is 19.1. The van der Waals surface area contributed by atoms with Crippen molar-refractivity contribution >= 4 is 12.0 Å². The molecule has 1 aromatic carbocycles. The standard InChI is InChI=1S/C13H16FN5O/c1-9(10-3-5-11(14)6-4-10)7-15-13(20)17-12-16-8-19(2)18-12/h3-6,8-9H,7H2,1-2H3,(H2,15,17,18,20). The molecule has 2 aromatic rings. The fraction of sp³-hybridized carbons (Fsp3) is 0.308. The molecule has 0 bridgehead atoms. The lowest BCUT2D eigenvalue weighted by molar-refractivity contribution is 0.251. The van der Waals surface area contributed by atoms with Gasteiger partial charge in [0.2, 0.25) is 5.95 Å². The Labute approximate surface area is 116 Å². The quantitative estimate of drug-likeness (QED) is 0.896. The van der Waals surface area contributed by atoms with E-state index in [9.17, 15) is 9.18 Å². The van der Waals surface area contributed by atoms with Gasteiger partial charge in [0.25, 0.3) is 0 Å². The van der Waals surface area contributed by atoms with Gasteiger partial charge in [-0.25, -0.2) is 14.2 Å². The number of halogens is 1. The Morgan fingerprint density at radius 3 is 2.70 bits per heavy atom. The fourth-order valence-electron chi connectivity index (χ4n) is 1.70. The third-order valence-corrected chi connectivity index (χ3v) is 2.83. The Hall–Kier alpha value is -2.44. The molecule has 0 radical (unpaired) electrons. The van der Waals surface area contributed by atoms with Crippen LogP contribution in [0.25, 0.3) is 0 Å². The molecule has 0 saturated heterocycles. The number of carbonyl (C=O) groups excluding carboxylic acids is 1. The highest BCUT2D eigenvalue weighted by Crippen LogP contribution is 2.14. The summed E-state index contributed by atoms with van der Waals surface area (Å²) in [7, 11) is 1.71. The molecule has 0 aliphatic rings. The Balaban J connectivity index is 1.82. The maximum atomic E-state index is 12.8. The van der Waals surface area contributed by atoms with Gasteiger partial charge in [0.05, 0.1) is 0 Å². The normalized spacial score (nSPS) is 11.9. The Bertz CT molecular complexity index is 581. The van der Waals surface area contributed by atoms with E-state index in [-0.39, 0.29) is 23.7 Å². The van der Waals surface area contributed by atoms with E-state index in [0.717, 1.165) is 5.56 Å². The summed E-state index contributed by atoms with van der Waals surface area (Å²) in [5.41, 5.74) is 0.961. The van der Waals surface area contributed by atoms with Crippen LogP contribution in [0.15, 0.2) is 30.6 Å². The van der Waals surface area contributed by atoms with Gasteiger partial charge in [-0.3, -0.25) is 10.00 Å². The second kappa shape index (κ2) is 6.14. The van der Waals surface area contributed by atoms with E-state index in [4.69, 9.17) is 0 Å². The largest absolute Gasteiger partial charge is 0.337 e. The first-order valence-corrected chi connectivity index (χ1v) is 6.20. The van der Waals surface area contributed by atoms with Crippen LogP contribution < -0.4 is 10.6 Å². The molecule has 106 valence electrons. The minimum atomic E-state index is -0.370. The third kappa shape index (κ3) is 3.78. The van der Waals surface area contributed by atoms with Gasteiger partial charge in [0.15, 0.2) is 0 Å². The molecule has 0 spiro atoms. The molecule has 1 heterocycles. The molecular weight excluding hydrogens is 261 g/mol. The lowest BCUT2D eigenvalue weighted by Gasteiger charge is -2.13. The van der Waals surface area contributed by atoms with Crippen LogP contribution in [-0.2, 0) is 7.05 Å². The summed E-state index contributed by atoms with van der Waals surface area (Å²) in [5.74, 6) is 0.0605. The minimum Gasteiger partial charge on any atom is -0.337 e. The number of hydrogen-bond donors (Lipinski definition) is 2. The second-order valence-corrected chi connectivity index (χ2v) is 4.53. The number of amides is 2. The maximum Gasteiger partial charge on any atom is 0.321 e. The van der Waals surface area contributed by atoms with E-state index < -0.39 is 0 Å². The summed E-state index contributed by atoms with van der Waals surface area (Å²) in [6, 6.07) is 5.86. The smallest absolute Gasteiger partial charge is 0.321 e. The lowest BCUT2D eigenvalue weighted by Crippen LogP contribution is -2.32. The van der Waals surface area contributed by atoms with Crippen molar-refractivity contribution in [2.45, 2.75) is 12.8 Å². The van der Waals surface area contributed by atoms with Gasteiger partial charge in [0, 0.05) is 13.6 Å². The monoisotopic (exact) mass is 277 g/mol. The molecule has 6 nitrogen and oxygen atoms in total. The molecule has 0 fully saturated rings. The highest BCUT2D eigenvalue weighted by Gasteiger charge is 2.09. The molecule has 20 heavy (non-hydrogen) atoms. The zero-order chi connectivity index (χ0) is 14.5. The number of urea groups is 1. The van der Waals surface area contributed by atoms with E-state index in [1.54, 1.807) is 19.2 Å². The van der Waals surface area contributed by atoms with Crippen molar-refractivity contribution in [2.75, 3.05) is 11.9 Å². The molecule has 0 aliphatic heterocycles. The molecule has 0 aliphatic carbocycles. The molecule has 7 heteroatoms. The van der Waals surface area contributed by atoms with Crippen molar-refractivity contribution < 1.29 is 9.18 Å². The molecule has 2 N–H and O–H groups in total. The molecule has 0 saturated carbocycles. The van der Waals surface area contributed by atoms with Crippen molar-refractivity contribution in [2.24, 2.45) is 7.05 Å². The summed E-state index contributed by atoms with van der Waals surface area (Å²) in [6.07, 6.45) is 1.50. The molecular formula is C13H16FN5O. The molecule has 2 amide bonds. The maximum absolute atomic E-state index is 12.8. The van der Waals surface area contributed by atoms with Gasteiger partial charge >= 0.3 is 6.03 Å². The number of anilines is 1. The van der Waals surface area contributed by atoms with Gasteiger partial charge in [-0.15, -0.1) is 5.10 Å². The fourth-order valence-corrected chi connectivity index (χ4v) is 1.70. The summed E-state index contributed by atoms with van der Waals surface area (Å²) >= 11 is 0. The first-order valence-electron chi connectivity index (χ1n) is 6.20. The minimum absolute atomic E-state index is 0.0815. The average molecular weight is 277 g/mol. The second-order valence-electron chi connectivity index (χ2n) is 4.53. The van der Waals surface area contributed by atoms with Crippen LogP contribution in [0.3, 0.4) is 0 Å². The van der Waals surface area contributed by atoms with Crippen LogP contribution in [-0.4, -0.2) is 27.3 Å². The van der Waals surface area contributed by atoms with E-state index in [1.165, 1.54) is 23.1 Å². The van der Waals surface area contributed by atoms with Crippen LogP contribution in [0, 0.1) is 5.82 Å². The van der Waals surface area contributed by atoms with Gasteiger partial charge in [0.1, 0.15) is 12.1 Å². The van der Waals surface area contributed by atoms with E-state index in [2.05, 4.69) is 20.7 Å². The number of nitrogens with one attached hydrogen (secondary N) is 2. The Morgan fingerprint density at radius 1 is 1.40 bits per heavy atom. The Morgan fingerprint density at radius 2 is 2.10 bits per heavy atom. The molecule has 2 rings (SSSR count). The number of benzene rings is 1. The van der Waals surface area contributed by atoms with Crippen LogP contribution >= 0.6 is 0 Å². The summed E-state index contributed by atoms with van der Waals surface area (Å²) in [5, 5.41) is 9.18. The van der Waals surface area contributed by atoms with Gasteiger partial charge in [-0.1, -0.05) is 19.1 Å². The van der Waals surface area contributed by atoms with Crippen molar-refractivity contribution in [1.29, 1.82) is 0 Å². The van der Waals surface area contributed by atoms with Crippen molar-refractivity contribution in [1.82, 2.24) is 20.1 Å². The number of rotatable bonds is 4. The van der Waals surface area contributed by atoms with Crippen molar-refractivity contribution in [3.63, 3.8) is 0 Å². The molecule has 1 unspecified atom stereocenters. The SMILES string of the molecule is CC(CNC(=O)Nc1ncn(C)n1)c1ccc(F)cc1. The van der Waals surface area contributed by atoms with E-state index >= 15 is 0 Å². The predicted octanol–water partition coefficient (Wildman–Crippen LogP) is 1.88. The molecule has 1 aromatic heterocycles. The number of aryl methyl sites for hydroxylation is 1. The number of aromatic nitrogens is 3. The zero-order valence-electron chi connectivity index (χ0n) is 11.3. The summed E-state index contributed by atoms with van der Waals surface area (Å²) in [4.78, 5) is 15.5. The zero-order valence-corrected chi connectivity index (χ0v) is 11.3. The van der Waals surface area contributed by atoms with Crippen LogP contribution in [0.4, 0.5) is 15.1 Å². The van der Waals surface area contributed by atoms with Crippen molar-refractivity contribution in [3.8, 4) is 0 Å². The van der Waals surface area contributed by atoms with Crippen LogP contribution in [0.2, 0.25) is 0 Å². The van der Waals surface area contributed by atoms with E-state index in [0.29, 0.717) is 6.54 Å². The topological polar surface area (TPSA) is 71.8 Å². The van der Waals surface area contributed by atoms with Gasteiger partial charge in [-0.05, 0) is 23.6 Å². The van der Waals surface area contributed by atoms with Gasteiger partial charge < -0.3 is 5.32 Å². The number of carbonyl (C=O) groups is 1. The number of nitrogens with zero attached hydrogens (tertiary/aromatic N) is 3. The van der Waals surface area contributed by atoms with Crippen LogP contribution in [0.5, 0.6) is 0 Å². The highest BCUT2D eigenvalue weighted by molar-refractivity contribution is 5.87. The van der Waals surface area contributed by atoms with Gasteiger partial charge in [-0.2, -0.15) is 0 Å². The Kier molecular flexibility index (Phi) is 4.29. The first-order chi connectivity index (χ1) is 9.54. The average Bonchev–Trinajstić information content (AvgIpc) is 2.82. The predicted molar refractivity (Wildman–Crippen MR) is 72.8 cm³/mol. The van der Waals surface area contributed by atoms with Crippen molar-refractivity contribution in [3.05, 3.63) is 42.0 Å². The number of hydrogen-bond acceptors (Lipinski definition) is 3. The van der Waals surface area contributed by atoms with E-state index in [1.807, 2.05) is 6.92 Å². The first kappa shape index (κ1) is 14.0.